The van der Waals surface area contributed by atoms with Crippen molar-refractivity contribution in [3.63, 3.8) is 0 Å². The third-order valence-electron chi connectivity index (χ3n) is 7.22. The summed E-state index contributed by atoms with van der Waals surface area (Å²) in [6, 6.07) is 58.1. The maximum atomic E-state index is 11.9. The first-order valence-electron chi connectivity index (χ1n) is 13.9. The summed E-state index contributed by atoms with van der Waals surface area (Å²) in [5, 5.41) is 13.7. The van der Waals surface area contributed by atoms with Gasteiger partial charge in [-0.15, -0.1) is 0 Å². The van der Waals surface area contributed by atoms with Gasteiger partial charge in [-0.1, -0.05) is 158 Å². The predicted molar refractivity (Wildman–Crippen MR) is 176 cm³/mol. The second kappa shape index (κ2) is 12.6. The Kier molecular flexibility index (Phi) is 8.17. The number of carbonyl (C=O) groups is 1. The average molecular weight is 561 g/mol. The summed E-state index contributed by atoms with van der Waals surface area (Å²) in [7, 11) is -0.728. The highest BCUT2D eigenvalue weighted by atomic mass is 31.1. The van der Waals surface area contributed by atoms with E-state index < -0.39 is 13.9 Å². The fraction of sp³-hybridized carbons (Fsp3) is 0. The molecule has 2 nitrogen and oxygen atoms in total. The number of carboxylic acids is 1. The van der Waals surface area contributed by atoms with E-state index in [0.29, 0.717) is 0 Å². The standard InChI is InChI=1S/C39H29O2P/c40-39(41)33-19-13-18-32(28-33)38(30-16-7-2-8-17-30)37(29-14-5-1-6-15-29)31-24-26-36(27-25-31)42(34-20-9-3-10-21-34)35-22-11-4-12-23-35/h1-28H,(H,40,41)/b38-37+. The quantitative estimate of drug-likeness (QED) is 0.151. The van der Waals surface area contributed by atoms with Crippen LogP contribution in [0.2, 0.25) is 0 Å². The molecule has 6 aromatic carbocycles. The molecule has 3 heteroatoms. The van der Waals surface area contributed by atoms with Crippen LogP contribution in [-0.4, -0.2) is 11.1 Å². The lowest BCUT2D eigenvalue weighted by atomic mass is 9.85. The third-order valence-corrected chi connectivity index (χ3v) is 9.66. The zero-order chi connectivity index (χ0) is 28.7. The van der Waals surface area contributed by atoms with Gasteiger partial charge in [0.25, 0.3) is 0 Å². The number of hydrogen-bond acceptors (Lipinski definition) is 1. The molecule has 0 aliphatic carbocycles. The van der Waals surface area contributed by atoms with Gasteiger partial charge in [-0.05, 0) is 69.4 Å². The monoisotopic (exact) mass is 560 g/mol. The molecule has 42 heavy (non-hydrogen) atoms. The van der Waals surface area contributed by atoms with Gasteiger partial charge in [-0.25, -0.2) is 4.79 Å². The van der Waals surface area contributed by atoms with Gasteiger partial charge in [-0.2, -0.15) is 0 Å². The van der Waals surface area contributed by atoms with Gasteiger partial charge in [0.05, 0.1) is 5.56 Å². The van der Waals surface area contributed by atoms with Crippen molar-refractivity contribution in [3.05, 3.63) is 198 Å². The van der Waals surface area contributed by atoms with Crippen molar-refractivity contribution in [2.45, 2.75) is 0 Å². The fourth-order valence-corrected chi connectivity index (χ4v) is 7.59. The molecular weight excluding hydrogens is 531 g/mol. The molecule has 0 unspecified atom stereocenters. The Balaban J connectivity index is 1.57. The maximum absolute atomic E-state index is 11.9. The molecule has 1 N–H and O–H groups in total. The number of carboxylic acid groups (broad SMARTS) is 1. The van der Waals surface area contributed by atoms with Crippen LogP contribution in [0.15, 0.2) is 170 Å². The Morgan fingerprint density at radius 3 is 1.21 bits per heavy atom. The Bertz CT molecular complexity index is 1770. The summed E-state index contributed by atoms with van der Waals surface area (Å²) < 4.78 is 0. The highest BCUT2D eigenvalue weighted by Crippen LogP contribution is 2.38. The van der Waals surface area contributed by atoms with E-state index in [-0.39, 0.29) is 5.56 Å². The fourth-order valence-electron chi connectivity index (χ4n) is 5.31. The SMILES string of the molecule is O=C(O)c1cccc(/C(=C(\c2ccccc2)c2ccc(P(c3ccccc3)c3ccccc3)cc2)c2ccccc2)c1. The summed E-state index contributed by atoms with van der Waals surface area (Å²) in [5.74, 6) is -0.940. The van der Waals surface area contributed by atoms with Crippen LogP contribution in [0.4, 0.5) is 0 Å². The Morgan fingerprint density at radius 2 is 0.738 bits per heavy atom. The lowest BCUT2D eigenvalue weighted by molar-refractivity contribution is 0.0697. The highest BCUT2D eigenvalue weighted by Gasteiger charge is 2.20. The molecule has 0 bridgehead atoms. The molecule has 0 spiro atoms. The van der Waals surface area contributed by atoms with Gasteiger partial charge in [0, 0.05) is 0 Å². The Labute approximate surface area is 248 Å². The van der Waals surface area contributed by atoms with Crippen LogP contribution in [0.3, 0.4) is 0 Å². The minimum atomic E-state index is -0.940. The van der Waals surface area contributed by atoms with Gasteiger partial charge in [0.2, 0.25) is 0 Å². The highest BCUT2D eigenvalue weighted by molar-refractivity contribution is 7.79. The van der Waals surface area contributed by atoms with Crippen molar-refractivity contribution >= 4 is 41.0 Å². The first-order valence-corrected chi connectivity index (χ1v) is 15.2. The predicted octanol–water partition coefficient (Wildman–Crippen LogP) is 8.15. The van der Waals surface area contributed by atoms with Gasteiger partial charge in [0.15, 0.2) is 0 Å². The molecule has 0 amide bonds. The van der Waals surface area contributed by atoms with Crippen LogP contribution in [0.1, 0.15) is 32.6 Å². The molecule has 0 atom stereocenters. The van der Waals surface area contributed by atoms with Gasteiger partial charge >= 0.3 is 5.97 Å². The van der Waals surface area contributed by atoms with Crippen molar-refractivity contribution < 1.29 is 9.90 Å². The molecular formula is C39H29O2P. The van der Waals surface area contributed by atoms with Crippen LogP contribution in [-0.2, 0) is 0 Å². The van der Waals surface area contributed by atoms with E-state index in [4.69, 9.17) is 0 Å². The first kappa shape index (κ1) is 27.1. The first-order chi connectivity index (χ1) is 20.7. The lowest BCUT2D eigenvalue weighted by Crippen LogP contribution is -2.20. The zero-order valence-electron chi connectivity index (χ0n) is 23.0. The zero-order valence-corrected chi connectivity index (χ0v) is 23.9. The molecule has 0 aromatic heterocycles. The van der Waals surface area contributed by atoms with Crippen molar-refractivity contribution in [2.24, 2.45) is 0 Å². The number of aromatic carboxylic acids is 1. The smallest absolute Gasteiger partial charge is 0.335 e. The van der Waals surface area contributed by atoms with Crippen LogP contribution in [0.5, 0.6) is 0 Å². The largest absolute Gasteiger partial charge is 0.478 e. The second-order valence-electron chi connectivity index (χ2n) is 9.92. The summed E-state index contributed by atoms with van der Waals surface area (Å²) in [5.41, 5.74) is 6.34. The molecule has 0 saturated carbocycles. The molecule has 0 radical (unpaired) electrons. The van der Waals surface area contributed by atoms with E-state index in [9.17, 15) is 9.90 Å². The Morgan fingerprint density at radius 1 is 0.381 bits per heavy atom. The van der Waals surface area contributed by atoms with Crippen LogP contribution < -0.4 is 15.9 Å². The molecule has 0 aliphatic rings. The van der Waals surface area contributed by atoms with E-state index in [1.54, 1.807) is 12.1 Å². The minimum absolute atomic E-state index is 0.264. The second-order valence-corrected chi connectivity index (χ2v) is 12.1. The number of rotatable bonds is 8. The van der Waals surface area contributed by atoms with Gasteiger partial charge in [-0.3, -0.25) is 0 Å². The molecule has 202 valence electrons. The molecule has 0 aliphatic heterocycles. The summed E-state index contributed by atoms with van der Waals surface area (Å²) in [6.45, 7) is 0. The molecule has 0 saturated heterocycles. The number of hydrogen-bond donors (Lipinski definition) is 1. The number of benzene rings is 6. The molecule has 6 rings (SSSR count). The van der Waals surface area contributed by atoms with Crippen LogP contribution in [0.25, 0.3) is 11.1 Å². The van der Waals surface area contributed by atoms with E-state index >= 15 is 0 Å². The average Bonchev–Trinajstić information content (AvgIpc) is 3.06. The van der Waals surface area contributed by atoms with Crippen LogP contribution in [0, 0.1) is 0 Å². The summed E-state index contributed by atoms with van der Waals surface area (Å²) in [6.07, 6.45) is 0. The third kappa shape index (κ3) is 5.86. The maximum Gasteiger partial charge on any atom is 0.335 e. The van der Waals surface area contributed by atoms with E-state index in [1.807, 2.05) is 48.5 Å². The van der Waals surface area contributed by atoms with Crippen LogP contribution >= 0.6 is 7.92 Å². The Hall–Kier alpha value is -5.04. The lowest BCUT2D eigenvalue weighted by Gasteiger charge is -2.21. The molecule has 0 heterocycles. The van der Waals surface area contributed by atoms with Gasteiger partial charge < -0.3 is 5.11 Å². The minimum Gasteiger partial charge on any atom is -0.478 e. The summed E-state index contributed by atoms with van der Waals surface area (Å²) >= 11 is 0. The van der Waals surface area contributed by atoms with Crippen molar-refractivity contribution in [3.8, 4) is 0 Å². The topological polar surface area (TPSA) is 37.3 Å². The van der Waals surface area contributed by atoms with Crippen molar-refractivity contribution in [2.75, 3.05) is 0 Å². The normalized spacial score (nSPS) is 11.6. The van der Waals surface area contributed by atoms with Crippen molar-refractivity contribution in [1.82, 2.24) is 0 Å². The van der Waals surface area contributed by atoms with E-state index in [1.165, 1.54) is 15.9 Å². The van der Waals surface area contributed by atoms with E-state index in [2.05, 4.69) is 109 Å². The molecule has 0 fully saturated rings. The summed E-state index contributed by atoms with van der Waals surface area (Å²) in [4.78, 5) is 11.9. The van der Waals surface area contributed by atoms with Gasteiger partial charge in [0.1, 0.15) is 0 Å². The molecule has 6 aromatic rings. The van der Waals surface area contributed by atoms with Crippen molar-refractivity contribution in [1.29, 1.82) is 0 Å². The van der Waals surface area contributed by atoms with E-state index in [0.717, 1.165) is 33.4 Å².